The van der Waals surface area contributed by atoms with Crippen LogP contribution in [0.2, 0.25) is 25.7 Å². The van der Waals surface area contributed by atoms with Gasteiger partial charge in [-0.15, -0.1) is 0 Å². The zero-order valence-electron chi connectivity index (χ0n) is 16.5. The molecule has 1 aliphatic carbocycles. The van der Waals surface area contributed by atoms with Crippen LogP contribution in [-0.4, -0.2) is 62.5 Å². The van der Waals surface area contributed by atoms with Gasteiger partial charge in [0, 0.05) is 31.1 Å². The van der Waals surface area contributed by atoms with Gasteiger partial charge in [0.1, 0.15) is 0 Å². The third-order valence-corrected chi connectivity index (χ3v) is 9.77. The largest absolute Gasteiger partial charge is 0.480 e. The number of halogens is 1. The molecule has 1 saturated heterocycles. The van der Waals surface area contributed by atoms with Crippen LogP contribution in [0.15, 0.2) is 22.7 Å². The van der Waals surface area contributed by atoms with E-state index in [1.165, 1.54) is 0 Å². The number of amides is 1. The number of sulfonamides is 1. The van der Waals surface area contributed by atoms with Gasteiger partial charge in [-0.2, -0.15) is 4.72 Å². The molecule has 3 N–H and O–H groups in total. The van der Waals surface area contributed by atoms with Crippen molar-refractivity contribution >= 4 is 46.1 Å². The lowest BCUT2D eigenvalue weighted by atomic mass is 9.65. The number of hydrogen-bond donors (Lipinski definition) is 3. The molecule has 8 nitrogen and oxygen atoms in total. The number of nitrogens with zero attached hydrogens (tertiary/aromatic N) is 1. The maximum Gasteiger partial charge on any atom is 0.407 e. The standard InChI is InChI=1S/C18H25BrN2O6SSi/c1-29(2,3)7-6-28(26,27)20-18(15(22)23)14-8-13(19)5-4-12(14)9-17(18)10-21(11-17)16(24)25/h4-5,8,20H,6-7,9-11H2,1-3H3,(H,22,23)(H,24,25). The van der Waals surface area contributed by atoms with Crippen molar-refractivity contribution in [3.63, 3.8) is 0 Å². The van der Waals surface area contributed by atoms with E-state index in [2.05, 4.69) is 40.3 Å². The summed E-state index contributed by atoms with van der Waals surface area (Å²) in [6, 6.07) is 5.67. The van der Waals surface area contributed by atoms with E-state index in [-0.39, 0.29) is 18.8 Å². The van der Waals surface area contributed by atoms with Gasteiger partial charge in [-0.3, -0.25) is 0 Å². The highest BCUT2D eigenvalue weighted by Crippen LogP contribution is 2.56. The summed E-state index contributed by atoms with van der Waals surface area (Å²) in [4.78, 5) is 25.1. The summed E-state index contributed by atoms with van der Waals surface area (Å²) in [6.45, 7) is 6.07. The second-order valence-electron chi connectivity index (χ2n) is 9.18. The van der Waals surface area contributed by atoms with Crippen molar-refractivity contribution in [3.05, 3.63) is 33.8 Å². The Labute approximate surface area is 179 Å². The average molecular weight is 505 g/mol. The Balaban J connectivity index is 2.09. The van der Waals surface area contributed by atoms with Gasteiger partial charge in [0.15, 0.2) is 5.54 Å². The smallest absolute Gasteiger partial charge is 0.407 e. The van der Waals surface area contributed by atoms with Crippen molar-refractivity contribution in [2.75, 3.05) is 18.8 Å². The van der Waals surface area contributed by atoms with Gasteiger partial charge in [-0.05, 0) is 35.7 Å². The summed E-state index contributed by atoms with van der Waals surface area (Å²) in [5.41, 5.74) is -1.88. The number of carbonyl (C=O) groups is 2. The molecule has 1 fully saturated rings. The van der Waals surface area contributed by atoms with Crippen molar-refractivity contribution in [2.24, 2.45) is 5.41 Å². The molecule has 1 unspecified atom stereocenters. The molecule has 0 saturated carbocycles. The molecule has 0 radical (unpaired) electrons. The monoisotopic (exact) mass is 504 g/mol. The van der Waals surface area contributed by atoms with Gasteiger partial charge in [-0.1, -0.05) is 41.6 Å². The fourth-order valence-corrected chi connectivity index (χ4v) is 9.14. The zero-order valence-corrected chi connectivity index (χ0v) is 19.9. The fourth-order valence-electron chi connectivity index (χ4n) is 4.28. The Hall–Kier alpha value is -1.43. The molecule has 1 amide bonds. The number of fused-ring (bicyclic) bond motifs is 1. The minimum Gasteiger partial charge on any atom is -0.480 e. The number of rotatable bonds is 6. The lowest BCUT2D eigenvalue weighted by Crippen LogP contribution is -2.72. The predicted molar refractivity (Wildman–Crippen MR) is 114 cm³/mol. The molecule has 1 aromatic carbocycles. The number of likely N-dealkylation sites (tertiary alicyclic amines) is 1. The number of carboxylic acids is 1. The third-order valence-electron chi connectivity index (χ3n) is 5.81. The number of carboxylic acid groups (broad SMARTS) is 2. The molecule has 11 heteroatoms. The van der Waals surface area contributed by atoms with Crippen molar-refractivity contribution in [3.8, 4) is 0 Å². The molecule has 0 bridgehead atoms. The van der Waals surface area contributed by atoms with E-state index in [4.69, 9.17) is 0 Å². The SMILES string of the molecule is C[Si](C)(C)CCS(=O)(=O)NC1(C(=O)O)c2cc(Br)ccc2CC12CN(C(=O)O)C2. The molecule has 1 spiro atoms. The van der Waals surface area contributed by atoms with E-state index in [9.17, 15) is 28.2 Å². The number of nitrogens with one attached hydrogen (secondary N) is 1. The topological polar surface area (TPSA) is 124 Å². The van der Waals surface area contributed by atoms with Crippen molar-refractivity contribution in [1.29, 1.82) is 0 Å². The van der Waals surface area contributed by atoms with Crippen LogP contribution < -0.4 is 4.72 Å². The van der Waals surface area contributed by atoms with Gasteiger partial charge >= 0.3 is 12.1 Å². The lowest BCUT2D eigenvalue weighted by molar-refractivity contribution is -0.157. The molecule has 2 aliphatic rings. The van der Waals surface area contributed by atoms with Crippen molar-refractivity contribution < 1.29 is 28.2 Å². The van der Waals surface area contributed by atoms with Crippen LogP contribution >= 0.6 is 15.9 Å². The molecule has 1 atom stereocenters. The highest BCUT2D eigenvalue weighted by Gasteiger charge is 2.69. The maximum absolute atomic E-state index is 13.0. The van der Waals surface area contributed by atoms with E-state index < -0.39 is 41.1 Å². The zero-order chi connectivity index (χ0) is 21.8. The van der Waals surface area contributed by atoms with Crippen LogP contribution in [-0.2, 0) is 26.8 Å². The summed E-state index contributed by atoms with van der Waals surface area (Å²) < 4.78 is 29.1. The van der Waals surface area contributed by atoms with Crippen LogP contribution in [0.4, 0.5) is 4.79 Å². The minimum absolute atomic E-state index is 0.0442. The molecule has 160 valence electrons. The highest BCUT2D eigenvalue weighted by molar-refractivity contribution is 9.10. The quantitative estimate of drug-likeness (QED) is 0.511. The Morgan fingerprint density at radius 3 is 2.38 bits per heavy atom. The van der Waals surface area contributed by atoms with Crippen molar-refractivity contribution in [1.82, 2.24) is 9.62 Å². The van der Waals surface area contributed by atoms with Crippen LogP contribution in [0, 0.1) is 5.41 Å². The summed E-state index contributed by atoms with van der Waals surface area (Å²) in [5.74, 6) is -1.46. The normalized spacial score (nSPS) is 23.0. The predicted octanol–water partition coefficient (Wildman–Crippen LogP) is 2.52. The summed E-state index contributed by atoms with van der Waals surface area (Å²) >= 11 is 3.35. The molecule has 1 heterocycles. The van der Waals surface area contributed by atoms with Crippen LogP contribution in [0.5, 0.6) is 0 Å². The fraction of sp³-hybridized carbons (Fsp3) is 0.556. The Bertz CT molecular complexity index is 971. The molecule has 29 heavy (non-hydrogen) atoms. The Morgan fingerprint density at radius 2 is 1.86 bits per heavy atom. The van der Waals surface area contributed by atoms with Gasteiger partial charge in [0.25, 0.3) is 0 Å². The average Bonchev–Trinajstić information content (AvgIpc) is 2.82. The van der Waals surface area contributed by atoms with E-state index in [0.29, 0.717) is 28.1 Å². The summed E-state index contributed by atoms with van der Waals surface area (Å²) in [5, 5.41) is 19.6. The molecule has 1 aromatic rings. The first-order valence-corrected chi connectivity index (χ1v) is 15.4. The molecule has 1 aliphatic heterocycles. The van der Waals surface area contributed by atoms with Crippen LogP contribution in [0.1, 0.15) is 11.1 Å². The van der Waals surface area contributed by atoms with Gasteiger partial charge in [-0.25, -0.2) is 18.0 Å². The second kappa shape index (κ2) is 7.07. The minimum atomic E-state index is -3.92. The number of hydrogen-bond acceptors (Lipinski definition) is 4. The van der Waals surface area contributed by atoms with Crippen molar-refractivity contribution in [2.45, 2.75) is 37.6 Å². The van der Waals surface area contributed by atoms with Crippen LogP contribution in [0.25, 0.3) is 0 Å². The van der Waals surface area contributed by atoms with Crippen LogP contribution in [0.3, 0.4) is 0 Å². The van der Waals surface area contributed by atoms with E-state index in [0.717, 1.165) is 4.90 Å². The molecular formula is C18H25BrN2O6SSi. The summed E-state index contributed by atoms with van der Waals surface area (Å²) in [7, 11) is -5.59. The van der Waals surface area contributed by atoms with Gasteiger partial charge < -0.3 is 15.1 Å². The third kappa shape index (κ3) is 3.85. The number of aliphatic carboxylic acids is 1. The molecule has 3 rings (SSSR count). The van der Waals surface area contributed by atoms with E-state index in [1.54, 1.807) is 18.2 Å². The Morgan fingerprint density at radius 1 is 1.24 bits per heavy atom. The first kappa shape index (κ1) is 22.3. The van der Waals surface area contributed by atoms with E-state index >= 15 is 0 Å². The molecule has 0 aromatic heterocycles. The van der Waals surface area contributed by atoms with Gasteiger partial charge in [0.2, 0.25) is 10.0 Å². The highest BCUT2D eigenvalue weighted by atomic mass is 79.9. The Kier molecular flexibility index (Phi) is 5.42. The first-order chi connectivity index (χ1) is 13.2. The number of benzene rings is 1. The lowest BCUT2D eigenvalue weighted by Gasteiger charge is -2.54. The first-order valence-electron chi connectivity index (χ1n) is 9.23. The second-order valence-corrected chi connectivity index (χ2v) is 17.6. The maximum atomic E-state index is 13.0. The van der Waals surface area contributed by atoms with E-state index in [1.807, 2.05) is 0 Å². The summed E-state index contributed by atoms with van der Waals surface area (Å²) in [6.07, 6.45) is -0.851. The molecular weight excluding hydrogens is 480 g/mol. The van der Waals surface area contributed by atoms with Gasteiger partial charge in [0.05, 0.1) is 5.75 Å².